The lowest BCUT2D eigenvalue weighted by molar-refractivity contribution is 0.373. The first kappa shape index (κ1) is 13.0. The molecule has 0 saturated carbocycles. The molecule has 0 bridgehead atoms. The van der Waals surface area contributed by atoms with Crippen LogP contribution in [0.2, 0.25) is 0 Å². The lowest BCUT2D eigenvalue weighted by Crippen LogP contribution is -1.87. The van der Waals surface area contributed by atoms with Gasteiger partial charge in [-0.2, -0.15) is 0 Å². The van der Waals surface area contributed by atoms with Crippen molar-refractivity contribution in [1.82, 2.24) is 0 Å². The van der Waals surface area contributed by atoms with Crippen molar-refractivity contribution in [3.05, 3.63) is 47.5 Å². The summed E-state index contributed by atoms with van der Waals surface area (Å²) in [5.41, 5.74) is 2.25. The molecule has 2 aromatic carbocycles. The Labute approximate surface area is 111 Å². The Morgan fingerprint density at radius 1 is 1.05 bits per heavy atom. The van der Waals surface area contributed by atoms with Gasteiger partial charge in [0.1, 0.15) is 11.4 Å². The zero-order chi connectivity index (χ0) is 13.8. The average molecular weight is 257 g/mol. The van der Waals surface area contributed by atoms with Crippen LogP contribution in [0.3, 0.4) is 0 Å². The summed E-state index contributed by atoms with van der Waals surface area (Å²) in [6, 6.07) is 10.2. The van der Waals surface area contributed by atoms with E-state index in [-0.39, 0.29) is 11.5 Å². The molecule has 0 amide bonds. The van der Waals surface area contributed by atoms with E-state index in [4.69, 9.17) is 4.74 Å². The van der Waals surface area contributed by atoms with E-state index in [1.165, 1.54) is 13.2 Å². The molecule has 0 spiro atoms. The Kier molecular flexibility index (Phi) is 3.71. The number of methoxy groups -OCH3 is 1. The van der Waals surface area contributed by atoms with Crippen LogP contribution in [0.1, 0.15) is 11.1 Å². The predicted molar refractivity (Wildman–Crippen MR) is 74.8 cm³/mol. The molecule has 19 heavy (non-hydrogen) atoms. The van der Waals surface area contributed by atoms with Crippen LogP contribution in [0.4, 0.5) is 5.69 Å². The van der Waals surface area contributed by atoms with Gasteiger partial charge >= 0.3 is 0 Å². The van der Waals surface area contributed by atoms with Crippen molar-refractivity contribution in [1.29, 1.82) is 0 Å². The SMILES string of the molecule is COc1cc(C=Nc2ccc(C)cc2O)ccc1O. The maximum atomic E-state index is 9.74. The smallest absolute Gasteiger partial charge is 0.161 e. The van der Waals surface area contributed by atoms with Crippen molar-refractivity contribution < 1.29 is 14.9 Å². The minimum absolute atomic E-state index is 0.0813. The summed E-state index contributed by atoms with van der Waals surface area (Å²) in [4.78, 5) is 4.21. The van der Waals surface area contributed by atoms with Crippen molar-refractivity contribution in [3.8, 4) is 17.2 Å². The molecule has 0 fully saturated rings. The highest BCUT2D eigenvalue weighted by Crippen LogP contribution is 2.28. The number of rotatable bonds is 3. The van der Waals surface area contributed by atoms with Crippen molar-refractivity contribution in [2.75, 3.05) is 7.11 Å². The summed E-state index contributed by atoms with van der Waals surface area (Å²) in [6.45, 7) is 1.90. The Morgan fingerprint density at radius 2 is 1.84 bits per heavy atom. The first-order valence-corrected chi connectivity index (χ1v) is 5.81. The van der Waals surface area contributed by atoms with E-state index in [2.05, 4.69) is 4.99 Å². The molecule has 0 radical (unpaired) electrons. The van der Waals surface area contributed by atoms with E-state index in [1.54, 1.807) is 30.5 Å². The Balaban J connectivity index is 2.27. The van der Waals surface area contributed by atoms with Crippen LogP contribution in [0.25, 0.3) is 0 Å². The monoisotopic (exact) mass is 257 g/mol. The number of benzene rings is 2. The third-order valence-electron chi connectivity index (χ3n) is 2.69. The van der Waals surface area contributed by atoms with E-state index < -0.39 is 0 Å². The van der Waals surface area contributed by atoms with Crippen LogP contribution >= 0.6 is 0 Å². The highest BCUT2D eigenvalue weighted by Gasteiger charge is 2.02. The van der Waals surface area contributed by atoms with Crippen molar-refractivity contribution in [2.24, 2.45) is 4.99 Å². The van der Waals surface area contributed by atoms with Gasteiger partial charge in [0.05, 0.1) is 7.11 Å². The highest BCUT2D eigenvalue weighted by atomic mass is 16.5. The van der Waals surface area contributed by atoms with Crippen LogP contribution in [-0.2, 0) is 0 Å². The van der Waals surface area contributed by atoms with Gasteiger partial charge in [-0.1, -0.05) is 6.07 Å². The van der Waals surface area contributed by atoms with Crippen LogP contribution in [-0.4, -0.2) is 23.5 Å². The van der Waals surface area contributed by atoms with Gasteiger partial charge in [0, 0.05) is 6.21 Å². The number of aliphatic imine (C=N–C) groups is 1. The molecular formula is C15H15NO3. The average Bonchev–Trinajstić information content (AvgIpc) is 2.39. The molecule has 4 nitrogen and oxygen atoms in total. The molecular weight excluding hydrogens is 242 g/mol. The maximum absolute atomic E-state index is 9.74. The van der Waals surface area contributed by atoms with Gasteiger partial charge in [0.15, 0.2) is 11.5 Å². The third kappa shape index (κ3) is 3.04. The summed E-state index contributed by atoms with van der Waals surface area (Å²) in [6.07, 6.45) is 1.60. The molecule has 0 atom stereocenters. The van der Waals surface area contributed by atoms with Crippen LogP contribution in [0.5, 0.6) is 17.2 Å². The van der Waals surface area contributed by atoms with E-state index in [1.807, 2.05) is 13.0 Å². The van der Waals surface area contributed by atoms with Crippen molar-refractivity contribution in [3.63, 3.8) is 0 Å². The summed E-state index contributed by atoms with van der Waals surface area (Å²) < 4.78 is 5.02. The Hall–Kier alpha value is -2.49. The second kappa shape index (κ2) is 5.44. The fourth-order valence-electron chi connectivity index (χ4n) is 1.66. The lowest BCUT2D eigenvalue weighted by atomic mass is 10.2. The van der Waals surface area contributed by atoms with E-state index >= 15 is 0 Å². The zero-order valence-electron chi connectivity index (χ0n) is 10.8. The van der Waals surface area contributed by atoms with E-state index in [0.717, 1.165) is 11.1 Å². The van der Waals surface area contributed by atoms with Crippen LogP contribution in [0, 0.1) is 6.92 Å². The molecule has 0 unspecified atom stereocenters. The number of aryl methyl sites for hydroxylation is 1. The second-order valence-electron chi connectivity index (χ2n) is 4.18. The van der Waals surface area contributed by atoms with Crippen molar-refractivity contribution in [2.45, 2.75) is 6.92 Å². The van der Waals surface area contributed by atoms with Crippen LogP contribution < -0.4 is 4.74 Å². The number of hydrogen-bond acceptors (Lipinski definition) is 4. The largest absolute Gasteiger partial charge is 0.506 e. The van der Waals surface area contributed by atoms with Gasteiger partial charge in [0.25, 0.3) is 0 Å². The van der Waals surface area contributed by atoms with E-state index in [9.17, 15) is 10.2 Å². The minimum Gasteiger partial charge on any atom is -0.506 e. The third-order valence-corrected chi connectivity index (χ3v) is 2.69. The van der Waals surface area contributed by atoms with Gasteiger partial charge in [0.2, 0.25) is 0 Å². The minimum atomic E-state index is 0.0813. The van der Waals surface area contributed by atoms with Gasteiger partial charge < -0.3 is 14.9 Å². The molecule has 0 aliphatic heterocycles. The maximum Gasteiger partial charge on any atom is 0.161 e. The molecule has 4 heteroatoms. The van der Waals surface area contributed by atoms with Crippen LogP contribution in [0.15, 0.2) is 41.4 Å². The van der Waals surface area contributed by atoms with Gasteiger partial charge in [-0.15, -0.1) is 0 Å². The summed E-state index contributed by atoms with van der Waals surface area (Å²) >= 11 is 0. The number of phenolic OH excluding ortho intramolecular Hbond substituents is 2. The molecule has 0 aliphatic rings. The fraction of sp³-hybridized carbons (Fsp3) is 0.133. The Bertz CT molecular complexity index is 621. The molecule has 0 aliphatic carbocycles. The highest BCUT2D eigenvalue weighted by molar-refractivity contribution is 5.83. The van der Waals surface area contributed by atoms with Crippen molar-refractivity contribution >= 4 is 11.9 Å². The quantitative estimate of drug-likeness (QED) is 0.830. The summed E-state index contributed by atoms with van der Waals surface area (Å²) in [7, 11) is 1.49. The number of phenols is 2. The molecule has 98 valence electrons. The second-order valence-corrected chi connectivity index (χ2v) is 4.18. The zero-order valence-corrected chi connectivity index (χ0v) is 10.8. The molecule has 0 aromatic heterocycles. The molecule has 0 heterocycles. The fourth-order valence-corrected chi connectivity index (χ4v) is 1.66. The van der Waals surface area contributed by atoms with E-state index in [0.29, 0.717) is 11.4 Å². The number of ether oxygens (including phenoxy) is 1. The summed E-state index contributed by atoms with van der Waals surface area (Å²) in [5.74, 6) is 0.608. The topological polar surface area (TPSA) is 62.0 Å². The summed E-state index contributed by atoms with van der Waals surface area (Å²) in [5, 5.41) is 19.2. The first-order chi connectivity index (χ1) is 9.10. The standard InChI is InChI=1S/C15H15NO3/c1-10-3-5-12(14(18)7-10)16-9-11-4-6-13(17)15(8-11)19-2/h3-9,17-18H,1-2H3. The molecule has 0 saturated heterocycles. The molecule has 2 aromatic rings. The molecule has 2 rings (SSSR count). The van der Waals surface area contributed by atoms with Gasteiger partial charge in [-0.3, -0.25) is 4.99 Å². The van der Waals surface area contributed by atoms with Gasteiger partial charge in [-0.25, -0.2) is 0 Å². The number of aromatic hydroxyl groups is 2. The number of hydrogen-bond donors (Lipinski definition) is 2. The molecule has 2 N–H and O–H groups in total. The number of nitrogens with zero attached hydrogens (tertiary/aromatic N) is 1. The Morgan fingerprint density at radius 3 is 2.53 bits per heavy atom. The van der Waals surface area contributed by atoms with Gasteiger partial charge in [-0.05, 0) is 48.4 Å². The first-order valence-electron chi connectivity index (χ1n) is 5.81. The normalized spacial score (nSPS) is 10.8. The lowest BCUT2D eigenvalue weighted by Gasteiger charge is -2.04. The predicted octanol–water partition coefficient (Wildman–Crippen LogP) is 3.17.